The van der Waals surface area contributed by atoms with Crippen molar-refractivity contribution in [3.8, 4) is 0 Å². The normalized spacial score (nSPS) is 44.0. The molecule has 0 N–H and O–H groups in total. The van der Waals surface area contributed by atoms with Gasteiger partial charge in [0.2, 0.25) is 0 Å². The maximum Gasteiger partial charge on any atom is 0.312 e. The van der Waals surface area contributed by atoms with Gasteiger partial charge in [0.15, 0.2) is 0 Å². The zero-order valence-electron chi connectivity index (χ0n) is 4.43. The number of carbonyl (C=O) groups excluding carboxylic acids is 1. The maximum absolute atomic E-state index is 10.6. The standard InChI is InChI=1S/C5H4Cl2O2/c6-5(7)2-1-9-4(8)3(2)5/h2-3H,1H2. The van der Waals surface area contributed by atoms with Crippen molar-refractivity contribution < 1.29 is 9.53 Å². The summed E-state index contributed by atoms with van der Waals surface area (Å²) in [5, 5.41) is 0. The van der Waals surface area contributed by atoms with Gasteiger partial charge in [-0.05, 0) is 0 Å². The number of halogens is 2. The molecule has 1 aliphatic heterocycles. The first-order chi connectivity index (χ1) is 4.14. The molecule has 0 aromatic rings. The molecule has 9 heavy (non-hydrogen) atoms. The highest BCUT2D eigenvalue weighted by molar-refractivity contribution is 6.52. The molecule has 1 aliphatic carbocycles. The Morgan fingerprint density at radius 2 is 2.33 bits per heavy atom. The van der Waals surface area contributed by atoms with E-state index in [9.17, 15) is 4.79 Å². The number of alkyl halides is 2. The number of hydrogen-bond acceptors (Lipinski definition) is 2. The summed E-state index contributed by atoms with van der Waals surface area (Å²) < 4.78 is 3.85. The van der Waals surface area contributed by atoms with Crippen molar-refractivity contribution in [1.29, 1.82) is 0 Å². The van der Waals surface area contributed by atoms with Crippen LogP contribution in [0.4, 0.5) is 0 Å². The molecule has 0 bridgehead atoms. The number of fused-ring (bicyclic) bond motifs is 1. The summed E-state index contributed by atoms with van der Waals surface area (Å²) in [5.41, 5.74) is 0. The van der Waals surface area contributed by atoms with Crippen LogP contribution in [0.3, 0.4) is 0 Å². The summed E-state index contributed by atoms with van der Waals surface area (Å²) in [5.74, 6) is -0.417. The second-order valence-electron chi connectivity index (χ2n) is 2.39. The molecule has 2 rings (SSSR count). The molecule has 2 atom stereocenters. The summed E-state index contributed by atoms with van der Waals surface area (Å²) in [6.07, 6.45) is 0. The minimum atomic E-state index is -0.796. The number of cyclic esters (lactones) is 1. The lowest BCUT2D eigenvalue weighted by molar-refractivity contribution is -0.141. The summed E-state index contributed by atoms with van der Waals surface area (Å²) in [6.45, 7) is 0.399. The molecule has 0 amide bonds. The van der Waals surface area contributed by atoms with Crippen LogP contribution in [-0.4, -0.2) is 16.9 Å². The second kappa shape index (κ2) is 1.38. The minimum absolute atomic E-state index is 0.0633. The van der Waals surface area contributed by atoms with E-state index in [4.69, 9.17) is 23.2 Å². The van der Waals surface area contributed by atoms with E-state index in [-0.39, 0.29) is 17.8 Å². The van der Waals surface area contributed by atoms with E-state index < -0.39 is 4.33 Å². The Morgan fingerprint density at radius 3 is 2.56 bits per heavy atom. The van der Waals surface area contributed by atoms with Gasteiger partial charge in [0.25, 0.3) is 0 Å². The lowest BCUT2D eigenvalue weighted by Crippen LogP contribution is -2.10. The molecule has 2 fully saturated rings. The summed E-state index contributed by atoms with van der Waals surface area (Å²) in [4.78, 5) is 10.6. The van der Waals surface area contributed by atoms with Crippen molar-refractivity contribution in [2.24, 2.45) is 11.8 Å². The molecular formula is C5H4Cl2O2. The Bertz CT molecular complexity index is 178. The highest BCUT2D eigenvalue weighted by atomic mass is 35.5. The number of rotatable bonds is 0. The zero-order chi connectivity index (χ0) is 6.65. The quantitative estimate of drug-likeness (QED) is 0.396. The molecule has 0 aromatic heterocycles. The van der Waals surface area contributed by atoms with E-state index in [0.29, 0.717) is 6.61 Å². The summed E-state index contributed by atoms with van der Waals surface area (Å²) >= 11 is 11.3. The van der Waals surface area contributed by atoms with Crippen molar-refractivity contribution >= 4 is 29.2 Å². The first kappa shape index (κ1) is 5.81. The maximum atomic E-state index is 10.6. The van der Waals surface area contributed by atoms with Gasteiger partial charge in [-0.2, -0.15) is 0 Å². The van der Waals surface area contributed by atoms with E-state index in [1.807, 2.05) is 0 Å². The topological polar surface area (TPSA) is 26.3 Å². The van der Waals surface area contributed by atoms with Gasteiger partial charge in [-0.1, -0.05) is 0 Å². The molecule has 1 saturated heterocycles. The molecule has 4 heteroatoms. The Kier molecular flexibility index (Phi) is 0.888. The molecule has 2 unspecified atom stereocenters. The van der Waals surface area contributed by atoms with Gasteiger partial charge in [0.1, 0.15) is 4.33 Å². The predicted octanol–water partition coefficient (Wildman–Crippen LogP) is 0.963. The Hall–Kier alpha value is 0.0500. The van der Waals surface area contributed by atoms with Crippen molar-refractivity contribution in [3.63, 3.8) is 0 Å². The third kappa shape index (κ3) is 0.555. The van der Waals surface area contributed by atoms with E-state index in [1.165, 1.54) is 0 Å². The number of esters is 1. The van der Waals surface area contributed by atoms with E-state index in [2.05, 4.69) is 4.74 Å². The number of ether oxygens (including phenoxy) is 1. The minimum Gasteiger partial charge on any atom is -0.465 e. The molecule has 2 aliphatic rings. The fourth-order valence-electron chi connectivity index (χ4n) is 1.18. The van der Waals surface area contributed by atoms with Crippen LogP contribution < -0.4 is 0 Å². The lowest BCUT2D eigenvalue weighted by atomic mass is 10.4. The van der Waals surface area contributed by atoms with Crippen LogP contribution in [0.5, 0.6) is 0 Å². The molecule has 50 valence electrons. The van der Waals surface area contributed by atoms with Gasteiger partial charge < -0.3 is 4.74 Å². The van der Waals surface area contributed by atoms with Gasteiger partial charge >= 0.3 is 5.97 Å². The highest BCUT2D eigenvalue weighted by Gasteiger charge is 2.71. The fraction of sp³-hybridized carbons (Fsp3) is 0.800. The van der Waals surface area contributed by atoms with Gasteiger partial charge in [0.05, 0.1) is 12.5 Å². The third-order valence-electron chi connectivity index (χ3n) is 1.86. The Balaban J connectivity index is 2.23. The molecule has 1 saturated carbocycles. The molecule has 0 spiro atoms. The second-order valence-corrected chi connectivity index (χ2v) is 3.83. The predicted molar refractivity (Wildman–Crippen MR) is 32.4 cm³/mol. The zero-order valence-corrected chi connectivity index (χ0v) is 5.95. The Labute approximate surface area is 62.1 Å². The van der Waals surface area contributed by atoms with Crippen molar-refractivity contribution in [1.82, 2.24) is 0 Å². The molecule has 0 radical (unpaired) electrons. The number of hydrogen-bond donors (Lipinski definition) is 0. The average molecular weight is 167 g/mol. The smallest absolute Gasteiger partial charge is 0.312 e. The lowest BCUT2D eigenvalue weighted by Gasteiger charge is -2.01. The summed E-state index contributed by atoms with van der Waals surface area (Å²) in [6, 6.07) is 0. The molecule has 2 nitrogen and oxygen atoms in total. The van der Waals surface area contributed by atoms with Crippen LogP contribution in [0.2, 0.25) is 0 Å². The van der Waals surface area contributed by atoms with Gasteiger partial charge in [0, 0.05) is 5.92 Å². The monoisotopic (exact) mass is 166 g/mol. The van der Waals surface area contributed by atoms with Crippen molar-refractivity contribution in [3.05, 3.63) is 0 Å². The number of carbonyl (C=O) groups is 1. The van der Waals surface area contributed by atoms with Gasteiger partial charge in [-0.15, -0.1) is 23.2 Å². The van der Waals surface area contributed by atoms with Gasteiger partial charge in [-0.25, -0.2) is 0 Å². The van der Waals surface area contributed by atoms with Crippen LogP contribution in [0, 0.1) is 11.8 Å². The van der Waals surface area contributed by atoms with Crippen LogP contribution >= 0.6 is 23.2 Å². The van der Waals surface area contributed by atoms with Crippen LogP contribution in [0.15, 0.2) is 0 Å². The first-order valence-electron chi connectivity index (χ1n) is 2.68. The average Bonchev–Trinajstić information content (AvgIpc) is 2.19. The third-order valence-corrected chi connectivity index (χ3v) is 2.89. The summed E-state index contributed by atoms with van der Waals surface area (Å²) in [7, 11) is 0. The first-order valence-corrected chi connectivity index (χ1v) is 3.44. The van der Waals surface area contributed by atoms with E-state index in [1.54, 1.807) is 0 Å². The van der Waals surface area contributed by atoms with E-state index in [0.717, 1.165) is 0 Å². The van der Waals surface area contributed by atoms with Gasteiger partial charge in [-0.3, -0.25) is 4.79 Å². The van der Waals surface area contributed by atoms with Crippen molar-refractivity contribution in [2.75, 3.05) is 6.61 Å². The van der Waals surface area contributed by atoms with Crippen molar-refractivity contribution in [2.45, 2.75) is 4.33 Å². The SMILES string of the molecule is O=C1OCC2C1C2(Cl)Cl. The molecule has 0 aromatic carbocycles. The van der Waals surface area contributed by atoms with Crippen LogP contribution in [0.1, 0.15) is 0 Å². The fourth-order valence-corrected chi connectivity index (χ4v) is 1.91. The highest BCUT2D eigenvalue weighted by Crippen LogP contribution is 2.62. The van der Waals surface area contributed by atoms with Crippen LogP contribution in [0.25, 0.3) is 0 Å². The largest absolute Gasteiger partial charge is 0.465 e. The molecular weight excluding hydrogens is 163 g/mol. The van der Waals surface area contributed by atoms with Crippen LogP contribution in [-0.2, 0) is 9.53 Å². The Morgan fingerprint density at radius 1 is 1.67 bits per heavy atom. The molecule has 1 heterocycles. The van der Waals surface area contributed by atoms with E-state index >= 15 is 0 Å².